The number of carbonyl (C=O) groups is 2. The standard InChI is InChI=1S/C14H19ClN2O3/c1-10(5-4-8-13(18)19)17-14(20)16-9-11-6-2-3-7-12(11)15/h2-3,6-7,10H,4-5,8-9H2,1H3,(H,18,19)(H2,16,17,20). The summed E-state index contributed by atoms with van der Waals surface area (Å²) in [6, 6.07) is 6.95. The minimum atomic E-state index is -0.819. The normalized spacial score (nSPS) is 11.7. The Labute approximate surface area is 123 Å². The molecule has 5 nitrogen and oxygen atoms in total. The lowest BCUT2D eigenvalue weighted by atomic mass is 10.1. The summed E-state index contributed by atoms with van der Waals surface area (Å²) in [7, 11) is 0. The molecular weight excluding hydrogens is 280 g/mol. The van der Waals surface area contributed by atoms with Crippen molar-refractivity contribution in [1.82, 2.24) is 10.6 Å². The molecule has 2 amide bonds. The topological polar surface area (TPSA) is 78.4 Å². The van der Waals surface area contributed by atoms with Crippen molar-refractivity contribution in [3.05, 3.63) is 34.9 Å². The molecule has 3 N–H and O–H groups in total. The number of nitrogens with one attached hydrogen (secondary N) is 2. The van der Waals surface area contributed by atoms with Gasteiger partial charge in [0.15, 0.2) is 0 Å². The lowest BCUT2D eigenvalue weighted by Crippen LogP contribution is -2.40. The van der Waals surface area contributed by atoms with E-state index in [1.54, 1.807) is 6.07 Å². The highest BCUT2D eigenvalue weighted by molar-refractivity contribution is 6.31. The number of aliphatic carboxylic acids is 1. The Balaban J connectivity index is 2.26. The first kappa shape index (κ1) is 16.3. The monoisotopic (exact) mass is 298 g/mol. The Bertz CT molecular complexity index is 465. The molecule has 0 aromatic heterocycles. The number of hydrogen-bond acceptors (Lipinski definition) is 2. The van der Waals surface area contributed by atoms with E-state index >= 15 is 0 Å². The smallest absolute Gasteiger partial charge is 0.315 e. The molecule has 0 saturated carbocycles. The number of benzene rings is 1. The quantitative estimate of drug-likeness (QED) is 0.724. The van der Waals surface area contributed by atoms with Gasteiger partial charge in [0.05, 0.1) is 0 Å². The van der Waals surface area contributed by atoms with E-state index in [0.717, 1.165) is 5.56 Å². The third-order valence-electron chi connectivity index (χ3n) is 2.80. The molecule has 0 heterocycles. The van der Waals surface area contributed by atoms with Gasteiger partial charge in [-0.2, -0.15) is 0 Å². The van der Waals surface area contributed by atoms with Crippen molar-refractivity contribution < 1.29 is 14.7 Å². The molecule has 1 aromatic rings. The van der Waals surface area contributed by atoms with Crippen molar-refractivity contribution in [2.24, 2.45) is 0 Å². The first-order chi connectivity index (χ1) is 9.49. The minimum Gasteiger partial charge on any atom is -0.481 e. The number of carboxylic acid groups (broad SMARTS) is 1. The summed E-state index contributed by atoms with van der Waals surface area (Å²) < 4.78 is 0. The van der Waals surface area contributed by atoms with E-state index < -0.39 is 5.97 Å². The highest BCUT2D eigenvalue weighted by atomic mass is 35.5. The number of carboxylic acids is 1. The molecule has 0 fully saturated rings. The SMILES string of the molecule is CC(CCCC(=O)O)NC(=O)NCc1ccccc1Cl. The van der Waals surface area contributed by atoms with Crippen LogP contribution in [0.4, 0.5) is 4.79 Å². The zero-order chi connectivity index (χ0) is 15.0. The van der Waals surface area contributed by atoms with Crippen molar-refractivity contribution in [2.75, 3.05) is 0 Å². The van der Waals surface area contributed by atoms with Crippen molar-refractivity contribution in [2.45, 2.75) is 38.8 Å². The number of rotatable bonds is 7. The summed E-state index contributed by atoms with van der Waals surface area (Å²) in [4.78, 5) is 22.0. The second-order valence-electron chi connectivity index (χ2n) is 4.61. The van der Waals surface area contributed by atoms with Gasteiger partial charge in [0.1, 0.15) is 0 Å². The molecule has 0 spiro atoms. The molecule has 110 valence electrons. The summed E-state index contributed by atoms with van der Waals surface area (Å²) in [6.07, 6.45) is 1.29. The van der Waals surface area contributed by atoms with Gasteiger partial charge in [-0.25, -0.2) is 4.79 Å². The summed E-state index contributed by atoms with van der Waals surface area (Å²) in [5, 5.41) is 14.6. The van der Waals surface area contributed by atoms with Crippen molar-refractivity contribution in [3.63, 3.8) is 0 Å². The van der Waals surface area contributed by atoms with Crippen LogP contribution in [-0.2, 0) is 11.3 Å². The second kappa shape index (κ2) is 8.43. The van der Waals surface area contributed by atoms with Gasteiger partial charge >= 0.3 is 12.0 Å². The number of halogens is 1. The van der Waals surface area contributed by atoms with Gasteiger partial charge in [-0.05, 0) is 31.4 Å². The zero-order valence-corrected chi connectivity index (χ0v) is 12.1. The van der Waals surface area contributed by atoms with E-state index in [9.17, 15) is 9.59 Å². The van der Waals surface area contributed by atoms with Gasteiger partial charge in [0.25, 0.3) is 0 Å². The minimum absolute atomic E-state index is 0.0689. The molecule has 6 heteroatoms. The Hall–Kier alpha value is -1.75. The fourth-order valence-electron chi connectivity index (χ4n) is 1.72. The third kappa shape index (κ3) is 6.43. The summed E-state index contributed by atoms with van der Waals surface area (Å²) >= 11 is 5.98. The molecule has 0 aliphatic carbocycles. The maximum atomic E-state index is 11.7. The molecular formula is C14H19ClN2O3. The molecule has 20 heavy (non-hydrogen) atoms. The van der Waals surface area contributed by atoms with Gasteiger partial charge in [0.2, 0.25) is 0 Å². The number of urea groups is 1. The average Bonchev–Trinajstić information content (AvgIpc) is 2.37. The van der Waals surface area contributed by atoms with Crippen LogP contribution in [0.5, 0.6) is 0 Å². The third-order valence-corrected chi connectivity index (χ3v) is 3.17. The fourth-order valence-corrected chi connectivity index (χ4v) is 1.93. The van der Waals surface area contributed by atoms with E-state index in [1.165, 1.54) is 0 Å². The highest BCUT2D eigenvalue weighted by Gasteiger charge is 2.08. The Morgan fingerprint density at radius 1 is 1.35 bits per heavy atom. The molecule has 1 unspecified atom stereocenters. The molecule has 0 aliphatic heterocycles. The Morgan fingerprint density at radius 3 is 2.70 bits per heavy atom. The molecule has 0 bridgehead atoms. The number of carbonyl (C=O) groups excluding carboxylic acids is 1. The summed E-state index contributed by atoms with van der Waals surface area (Å²) in [6.45, 7) is 2.20. The highest BCUT2D eigenvalue weighted by Crippen LogP contribution is 2.14. The van der Waals surface area contributed by atoms with Crippen LogP contribution in [0.15, 0.2) is 24.3 Å². The summed E-state index contributed by atoms with van der Waals surface area (Å²) in [5.41, 5.74) is 0.850. The van der Waals surface area contributed by atoms with E-state index in [1.807, 2.05) is 25.1 Å². The molecule has 1 aromatic carbocycles. The summed E-state index contributed by atoms with van der Waals surface area (Å²) in [5.74, 6) is -0.819. The van der Waals surface area contributed by atoms with E-state index in [-0.39, 0.29) is 18.5 Å². The van der Waals surface area contributed by atoms with Crippen molar-refractivity contribution in [1.29, 1.82) is 0 Å². The first-order valence-electron chi connectivity index (χ1n) is 6.48. The van der Waals surface area contributed by atoms with E-state index in [4.69, 9.17) is 16.7 Å². The van der Waals surface area contributed by atoms with Crippen LogP contribution in [-0.4, -0.2) is 23.1 Å². The molecule has 0 aliphatic rings. The van der Waals surface area contributed by atoms with Crippen LogP contribution in [0.3, 0.4) is 0 Å². The first-order valence-corrected chi connectivity index (χ1v) is 6.86. The second-order valence-corrected chi connectivity index (χ2v) is 5.01. The van der Waals surface area contributed by atoms with Crippen molar-refractivity contribution >= 4 is 23.6 Å². The van der Waals surface area contributed by atoms with Crippen LogP contribution in [0.2, 0.25) is 5.02 Å². The predicted molar refractivity (Wildman–Crippen MR) is 77.8 cm³/mol. The lowest BCUT2D eigenvalue weighted by molar-refractivity contribution is -0.137. The van der Waals surface area contributed by atoms with Gasteiger partial charge in [-0.15, -0.1) is 0 Å². The predicted octanol–water partition coefficient (Wildman–Crippen LogP) is 2.78. The van der Waals surface area contributed by atoms with Crippen LogP contribution in [0.25, 0.3) is 0 Å². The van der Waals surface area contributed by atoms with E-state index in [2.05, 4.69) is 10.6 Å². The van der Waals surface area contributed by atoms with Gasteiger partial charge < -0.3 is 15.7 Å². The van der Waals surface area contributed by atoms with Gasteiger partial charge in [-0.1, -0.05) is 29.8 Å². The Morgan fingerprint density at radius 2 is 2.05 bits per heavy atom. The number of hydrogen-bond donors (Lipinski definition) is 3. The van der Waals surface area contributed by atoms with E-state index in [0.29, 0.717) is 24.4 Å². The average molecular weight is 299 g/mol. The van der Waals surface area contributed by atoms with Gasteiger partial charge in [0, 0.05) is 24.0 Å². The van der Waals surface area contributed by atoms with Crippen LogP contribution >= 0.6 is 11.6 Å². The molecule has 0 radical (unpaired) electrons. The largest absolute Gasteiger partial charge is 0.481 e. The lowest BCUT2D eigenvalue weighted by Gasteiger charge is -2.14. The maximum absolute atomic E-state index is 11.7. The van der Waals surface area contributed by atoms with Gasteiger partial charge in [-0.3, -0.25) is 4.79 Å². The fraction of sp³-hybridized carbons (Fsp3) is 0.429. The molecule has 1 rings (SSSR count). The number of amides is 2. The maximum Gasteiger partial charge on any atom is 0.315 e. The zero-order valence-electron chi connectivity index (χ0n) is 11.4. The molecule has 1 atom stereocenters. The Kier molecular flexibility index (Phi) is 6.87. The van der Waals surface area contributed by atoms with Crippen LogP contribution in [0, 0.1) is 0 Å². The van der Waals surface area contributed by atoms with Crippen LogP contribution in [0.1, 0.15) is 31.7 Å². The van der Waals surface area contributed by atoms with Crippen LogP contribution < -0.4 is 10.6 Å². The molecule has 0 saturated heterocycles. The van der Waals surface area contributed by atoms with Crippen molar-refractivity contribution in [3.8, 4) is 0 Å².